The van der Waals surface area contributed by atoms with E-state index in [9.17, 15) is 14.7 Å². The number of carboxylic acids is 1. The van der Waals surface area contributed by atoms with Crippen molar-refractivity contribution in [3.05, 3.63) is 122 Å². The summed E-state index contributed by atoms with van der Waals surface area (Å²) in [7, 11) is 0. The number of halogens is 1. The summed E-state index contributed by atoms with van der Waals surface area (Å²) in [5.74, 6) is -1.12. The van der Waals surface area contributed by atoms with Crippen LogP contribution in [0.25, 0.3) is 11.8 Å². The monoisotopic (exact) mass is 585 g/mol. The maximum atomic E-state index is 13.7. The molecule has 0 aliphatic carbocycles. The molecule has 190 valence electrons. The lowest BCUT2D eigenvalue weighted by Gasteiger charge is -2.16. The fourth-order valence-corrected chi connectivity index (χ4v) is 5.74. The minimum absolute atomic E-state index is 0.140. The molecule has 0 unspecified atom stereocenters. The molecule has 2 heterocycles. The third-order valence-electron chi connectivity index (χ3n) is 6.23. The third kappa shape index (κ3) is 5.37. The van der Waals surface area contributed by atoms with Gasteiger partial charge in [0, 0.05) is 21.5 Å². The number of amidine groups is 1. The van der Waals surface area contributed by atoms with E-state index in [1.54, 1.807) is 29.2 Å². The zero-order valence-electron chi connectivity index (χ0n) is 20.8. The molecule has 0 atom stereocenters. The average Bonchev–Trinajstić information content (AvgIpc) is 3.34. The van der Waals surface area contributed by atoms with Gasteiger partial charge in [-0.3, -0.25) is 9.69 Å². The molecule has 1 N–H and O–H groups in total. The van der Waals surface area contributed by atoms with Crippen molar-refractivity contribution in [1.82, 2.24) is 9.47 Å². The maximum absolute atomic E-state index is 13.7. The summed E-state index contributed by atoms with van der Waals surface area (Å²) in [5, 5.41) is 9.79. The van der Waals surface area contributed by atoms with Crippen LogP contribution in [0.15, 0.2) is 99.3 Å². The average molecular weight is 587 g/mol. The Bertz CT molecular complexity index is 1590. The molecule has 0 saturated carbocycles. The van der Waals surface area contributed by atoms with Crippen LogP contribution in [0.3, 0.4) is 0 Å². The molecular weight excluding hydrogens is 562 g/mol. The minimum Gasteiger partial charge on any atom is -0.478 e. The number of aromatic carboxylic acids is 1. The first-order chi connectivity index (χ1) is 18.3. The van der Waals surface area contributed by atoms with E-state index in [1.165, 1.54) is 11.8 Å². The number of amides is 1. The van der Waals surface area contributed by atoms with E-state index in [-0.39, 0.29) is 18.0 Å². The van der Waals surface area contributed by atoms with E-state index in [0.29, 0.717) is 10.1 Å². The van der Waals surface area contributed by atoms with Crippen molar-refractivity contribution in [2.24, 2.45) is 4.99 Å². The van der Waals surface area contributed by atoms with E-state index in [2.05, 4.69) is 45.6 Å². The van der Waals surface area contributed by atoms with Gasteiger partial charge < -0.3 is 9.67 Å². The summed E-state index contributed by atoms with van der Waals surface area (Å²) in [6.07, 6.45) is 1.93. The number of carbonyl (C=O) groups is 2. The molecule has 1 amide bonds. The van der Waals surface area contributed by atoms with Gasteiger partial charge in [0.05, 0.1) is 22.7 Å². The van der Waals surface area contributed by atoms with Gasteiger partial charge in [0.15, 0.2) is 5.17 Å². The number of aliphatic imine (C=N–C) groups is 1. The lowest BCUT2D eigenvalue weighted by atomic mass is 10.1. The van der Waals surface area contributed by atoms with Crippen molar-refractivity contribution in [3.63, 3.8) is 0 Å². The number of para-hydroxylation sites is 1. The Morgan fingerprint density at radius 1 is 1.00 bits per heavy atom. The van der Waals surface area contributed by atoms with Crippen LogP contribution < -0.4 is 0 Å². The summed E-state index contributed by atoms with van der Waals surface area (Å²) >= 11 is 4.89. The Hall–Kier alpha value is -3.88. The fraction of sp³-hybridized carbons (Fsp3) is 0.100. The summed E-state index contributed by atoms with van der Waals surface area (Å²) in [6.45, 7) is 4.38. The number of benzene rings is 3. The molecule has 1 fully saturated rings. The number of hydrogen-bond donors (Lipinski definition) is 1. The predicted molar refractivity (Wildman–Crippen MR) is 156 cm³/mol. The highest BCUT2D eigenvalue weighted by Crippen LogP contribution is 2.36. The molecule has 1 aliphatic heterocycles. The van der Waals surface area contributed by atoms with E-state index in [4.69, 9.17) is 4.99 Å². The highest BCUT2D eigenvalue weighted by atomic mass is 79.9. The van der Waals surface area contributed by atoms with Crippen LogP contribution in [-0.2, 0) is 11.3 Å². The largest absolute Gasteiger partial charge is 0.478 e. The van der Waals surface area contributed by atoms with Crippen molar-refractivity contribution in [2.45, 2.75) is 20.4 Å². The summed E-state index contributed by atoms with van der Waals surface area (Å²) in [4.78, 5) is 31.9. The Kier molecular flexibility index (Phi) is 7.35. The smallest absolute Gasteiger partial charge is 0.335 e. The second kappa shape index (κ2) is 10.8. The first-order valence-electron chi connectivity index (χ1n) is 11.9. The summed E-state index contributed by atoms with van der Waals surface area (Å²) in [5.41, 5.74) is 5.88. The number of rotatable bonds is 6. The molecule has 4 aromatic rings. The highest BCUT2D eigenvalue weighted by Gasteiger charge is 2.34. The van der Waals surface area contributed by atoms with E-state index in [1.807, 2.05) is 55.5 Å². The normalized spacial score (nSPS) is 15.6. The topological polar surface area (TPSA) is 74.9 Å². The Balaban J connectivity index is 1.51. The van der Waals surface area contributed by atoms with Crippen molar-refractivity contribution in [1.29, 1.82) is 0 Å². The van der Waals surface area contributed by atoms with E-state index < -0.39 is 5.97 Å². The first-order valence-corrected chi connectivity index (χ1v) is 13.5. The van der Waals surface area contributed by atoms with Crippen LogP contribution in [0.4, 0.5) is 5.69 Å². The standard InChI is InChI=1S/C30H24BrN3O3S/c1-19-15-23(20(2)34(19)26-10-6-7-24(31)17-26)16-27-28(35)33(18-21-11-13-22(14-12-21)29(36)37)30(38-27)32-25-8-4-3-5-9-25/h3-17H,18H2,1-2H3,(H,36,37). The zero-order chi connectivity index (χ0) is 26.8. The van der Waals surface area contributed by atoms with Crippen LogP contribution in [-0.4, -0.2) is 31.6 Å². The van der Waals surface area contributed by atoms with Crippen LogP contribution in [0.5, 0.6) is 0 Å². The molecule has 5 rings (SSSR count). The van der Waals surface area contributed by atoms with Crippen LogP contribution in [0, 0.1) is 13.8 Å². The van der Waals surface area contributed by atoms with Gasteiger partial charge in [-0.25, -0.2) is 9.79 Å². The van der Waals surface area contributed by atoms with Gasteiger partial charge >= 0.3 is 5.97 Å². The molecule has 6 nitrogen and oxygen atoms in total. The number of hydrogen-bond acceptors (Lipinski definition) is 4. The predicted octanol–water partition coefficient (Wildman–Crippen LogP) is 7.36. The maximum Gasteiger partial charge on any atom is 0.335 e. The molecule has 0 bridgehead atoms. The molecule has 1 saturated heterocycles. The second-order valence-corrected chi connectivity index (χ2v) is 10.8. The molecule has 1 aliphatic rings. The van der Waals surface area contributed by atoms with Crippen molar-refractivity contribution in [3.8, 4) is 5.69 Å². The molecular formula is C30H24BrN3O3S. The first kappa shape index (κ1) is 25.8. The van der Waals surface area contributed by atoms with Gasteiger partial charge in [0.25, 0.3) is 5.91 Å². The third-order valence-corrected chi connectivity index (χ3v) is 7.73. The molecule has 8 heteroatoms. The lowest BCUT2D eigenvalue weighted by Crippen LogP contribution is -2.28. The Morgan fingerprint density at radius 2 is 1.74 bits per heavy atom. The fourth-order valence-electron chi connectivity index (χ4n) is 4.37. The van der Waals surface area contributed by atoms with E-state index >= 15 is 0 Å². The SMILES string of the molecule is Cc1cc(C=C2SC(=Nc3ccccc3)N(Cc3ccc(C(=O)O)cc3)C2=O)c(C)n1-c1cccc(Br)c1. The van der Waals surface area contributed by atoms with Crippen molar-refractivity contribution >= 4 is 56.5 Å². The Morgan fingerprint density at radius 3 is 2.42 bits per heavy atom. The van der Waals surface area contributed by atoms with Gasteiger partial charge in [0.2, 0.25) is 0 Å². The number of carbonyl (C=O) groups excluding carboxylic acids is 1. The molecule has 1 aromatic heterocycles. The van der Waals surface area contributed by atoms with Crippen molar-refractivity contribution in [2.75, 3.05) is 0 Å². The Labute approximate surface area is 233 Å². The number of aryl methyl sites for hydroxylation is 1. The number of carboxylic acid groups (broad SMARTS) is 1. The summed E-state index contributed by atoms with van der Waals surface area (Å²) in [6, 6.07) is 26.3. The van der Waals surface area contributed by atoms with Crippen LogP contribution >= 0.6 is 27.7 Å². The highest BCUT2D eigenvalue weighted by molar-refractivity contribution is 9.10. The molecule has 0 spiro atoms. The molecule has 0 radical (unpaired) electrons. The van der Waals surface area contributed by atoms with Gasteiger partial charge in [-0.15, -0.1) is 0 Å². The minimum atomic E-state index is -0.985. The van der Waals surface area contributed by atoms with Crippen LogP contribution in [0.1, 0.15) is 32.9 Å². The van der Waals surface area contributed by atoms with E-state index in [0.717, 1.165) is 38.4 Å². The van der Waals surface area contributed by atoms with Crippen molar-refractivity contribution < 1.29 is 14.7 Å². The number of aromatic nitrogens is 1. The lowest BCUT2D eigenvalue weighted by molar-refractivity contribution is -0.122. The quantitative estimate of drug-likeness (QED) is 0.240. The van der Waals surface area contributed by atoms with Gasteiger partial charge in [-0.2, -0.15) is 0 Å². The number of nitrogens with zero attached hydrogens (tertiary/aromatic N) is 3. The van der Waals surface area contributed by atoms with Gasteiger partial charge in [0.1, 0.15) is 0 Å². The molecule has 38 heavy (non-hydrogen) atoms. The summed E-state index contributed by atoms with van der Waals surface area (Å²) < 4.78 is 3.17. The van der Waals surface area contributed by atoms with Gasteiger partial charge in [-0.05, 0) is 91.3 Å². The number of thioether (sulfide) groups is 1. The van der Waals surface area contributed by atoms with Gasteiger partial charge in [-0.1, -0.05) is 52.3 Å². The molecule has 3 aromatic carbocycles. The van der Waals surface area contributed by atoms with Crippen LogP contribution in [0.2, 0.25) is 0 Å². The zero-order valence-corrected chi connectivity index (χ0v) is 23.2. The second-order valence-electron chi connectivity index (χ2n) is 8.88.